The minimum Gasteiger partial charge on any atom is -0.354 e. The lowest BCUT2D eigenvalue weighted by atomic mass is 9.94. The predicted molar refractivity (Wildman–Crippen MR) is 89.1 cm³/mol. The quantitative estimate of drug-likeness (QED) is 0.874. The zero-order valence-corrected chi connectivity index (χ0v) is 13.5. The highest BCUT2D eigenvalue weighted by Gasteiger charge is 2.37. The number of benzene rings is 1. The minimum atomic E-state index is -0.416. The van der Waals surface area contributed by atoms with E-state index in [0.29, 0.717) is 19.1 Å². The summed E-state index contributed by atoms with van der Waals surface area (Å²) in [6, 6.07) is 9.89. The summed E-state index contributed by atoms with van der Waals surface area (Å²) in [6.45, 7) is 1.10. The van der Waals surface area contributed by atoms with Gasteiger partial charge in [0.05, 0.1) is 6.54 Å². The van der Waals surface area contributed by atoms with Crippen molar-refractivity contribution in [3.8, 4) is 0 Å². The van der Waals surface area contributed by atoms with E-state index in [1.54, 1.807) is 0 Å². The van der Waals surface area contributed by atoms with Gasteiger partial charge in [-0.15, -0.1) is 0 Å². The molecule has 124 valence electrons. The SMILES string of the molecule is O=C(NCCc1ccccc1)C1CN(C2CCCCC2)C(=O)N1. The van der Waals surface area contributed by atoms with Crippen LogP contribution in [0.2, 0.25) is 0 Å². The average Bonchev–Trinajstić information content (AvgIpc) is 2.98. The summed E-state index contributed by atoms with van der Waals surface area (Å²) in [5, 5.41) is 5.76. The van der Waals surface area contributed by atoms with Crippen molar-refractivity contribution < 1.29 is 9.59 Å². The molecular weight excluding hydrogens is 290 g/mol. The Balaban J connectivity index is 1.45. The lowest BCUT2D eigenvalue weighted by molar-refractivity contribution is -0.122. The van der Waals surface area contributed by atoms with Gasteiger partial charge in [0.2, 0.25) is 5.91 Å². The maximum absolute atomic E-state index is 12.3. The number of urea groups is 1. The Kier molecular flexibility index (Phi) is 5.16. The Bertz CT molecular complexity index is 540. The highest BCUT2D eigenvalue weighted by Crippen LogP contribution is 2.24. The summed E-state index contributed by atoms with van der Waals surface area (Å²) in [6.07, 6.45) is 6.56. The van der Waals surface area contributed by atoms with Crippen LogP contribution in [-0.2, 0) is 11.2 Å². The lowest BCUT2D eigenvalue weighted by Crippen LogP contribution is -2.43. The fourth-order valence-electron chi connectivity index (χ4n) is 3.51. The van der Waals surface area contributed by atoms with Gasteiger partial charge in [-0.1, -0.05) is 49.6 Å². The van der Waals surface area contributed by atoms with E-state index in [1.807, 2.05) is 35.2 Å². The Morgan fingerprint density at radius 1 is 1.17 bits per heavy atom. The summed E-state index contributed by atoms with van der Waals surface area (Å²) in [5.41, 5.74) is 1.20. The molecule has 2 N–H and O–H groups in total. The molecule has 1 atom stereocenters. The molecule has 1 heterocycles. The molecule has 5 heteroatoms. The zero-order valence-electron chi connectivity index (χ0n) is 13.5. The smallest absolute Gasteiger partial charge is 0.318 e. The molecule has 0 spiro atoms. The van der Waals surface area contributed by atoms with Crippen LogP contribution in [0.15, 0.2) is 30.3 Å². The van der Waals surface area contributed by atoms with E-state index < -0.39 is 6.04 Å². The van der Waals surface area contributed by atoms with Crippen LogP contribution in [0.3, 0.4) is 0 Å². The number of hydrogen-bond acceptors (Lipinski definition) is 2. The van der Waals surface area contributed by atoms with Gasteiger partial charge in [0.25, 0.3) is 0 Å². The summed E-state index contributed by atoms with van der Waals surface area (Å²) in [4.78, 5) is 26.2. The number of rotatable bonds is 5. The number of carbonyl (C=O) groups is 2. The second-order valence-electron chi connectivity index (χ2n) is 6.47. The second-order valence-corrected chi connectivity index (χ2v) is 6.47. The minimum absolute atomic E-state index is 0.0763. The first-order chi connectivity index (χ1) is 11.2. The maximum Gasteiger partial charge on any atom is 0.318 e. The third-order valence-corrected chi connectivity index (χ3v) is 4.83. The Morgan fingerprint density at radius 2 is 1.91 bits per heavy atom. The van der Waals surface area contributed by atoms with Crippen molar-refractivity contribution in [3.63, 3.8) is 0 Å². The highest BCUT2D eigenvalue weighted by atomic mass is 16.2. The van der Waals surface area contributed by atoms with Gasteiger partial charge < -0.3 is 15.5 Å². The van der Waals surface area contributed by atoms with E-state index in [4.69, 9.17) is 0 Å². The molecule has 1 aliphatic heterocycles. The van der Waals surface area contributed by atoms with Crippen LogP contribution >= 0.6 is 0 Å². The van der Waals surface area contributed by atoms with Crippen LogP contribution in [0.5, 0.6) is 0 Å². The maximum atomic E-state index is 12.3. The van der Waals surface area contributed by atoms with Crippen LogP contribution in [0.25, 0.3) is 0 Å². The first-order valence-corrected chi connectivity index (χ1v) is 8.63. The summed E-state index contributed by atoms with van der Waals surface area (Å²) in [7, 11) is 0. The molecule has 1 saturated heterocycles. The van der Waals surface area contributed by atoms with E-state index >= 15 is 0 Å². The fourth-order valence-corrected chi connectivity index (χ4v) is 3.51. The second kappa shape index (κ2) is 7.49. The number of hydrogen-bond donors (Lipinski definition) is 2. The third-order valence-electron chi connectivity index (χ3n) is 4.83. The van der Waals surface area contributed by atoms with Crippen molar-refractivity contribution >= 4 is 11.9 Å². The van der Waals surface area contributed by atoms with E-state index in [2.05, 4.69) is 10.6 Å². The molecule has 23 heavy (non-hydrogen) atoms. The molecule has 1 aromatic rings. The first-order valence-electron chi connectivity index (χ1n) is 8.63. The Hall–Kier alpha value is -2.04. The average molecular weight is 315 g/mol. The van der Waals surface area contributed by atoms with Crippen molar-refractivity contribution in [2.75, 3.05) is 13.1 Å². The zero-order chi connectivity index (χ0) is 16.1. The van der Waals surface area contributed by atoms with Crippen molar-refractivity contribution in [1.29, 1.82) is 0 Å². The topological polar surface area (TPSA) is 61.4 Å². The van der Waals surface area contributed by atoms with Gasteiger partial charge >= 0.3 is 6.03 Å². The molecule has 3 amide bonds. The van der Waals surface area contributed by atoms with Crippen LogP contribution < -0.4 is 10.6 Å². The standard InChI is InChI=1S/C18H25N3O2/c22-17(19-12-11-14-7-3-1-4-8-14)16-13-21(18(23)20-16)15-9-5-2-6-10-15/h1,3-4,7-8,15-16H,2,5-6,9-13H2,(H,19,22)(H,20,23). The van der Waals surface area contributed by atoms with Gasteiger partial charge in [0.15, 0.2) is 0 Å². The molecule has 0 aromatic heterocycles. The van der Waals surface area contributed by atoms with Gasteiger partial charge in [-0.2, -0.15) is 0 Å². The number of carbonyl (C=O) groups excluding carboxylic acids is 2. The molecule has 1 unspecified atom stereocenters. The molecule has 1 aromatic carbocycles. The van der Waals surface area contributed by atoms with Crippen molar-refractivity contribution in [2.24, 2.45) is 0 Å². The molecule has 2 aliphatic rings. The molecule has 2 fully saturated rings. The summed E-state index contributed by atoms with van der Waals surface area (Å²) < 4.78 is 0. The molecule has 3 rings (SSSR count). The predicted octanol–water partition coefficient (Wildman–Crippen LogP) is 2.07. The van der Waals surface area contributed by atoms with Gasteiger partial charge in [0, 0.05) is 12.6 Å². The van der Waals surface area contributed by atoms with Crippen LogP contribution in [0.1, 0.15) is 37.7 Å². The third kappa shape index (κ3) is 4.03. The van der Waals surface area contributed by atoms with E-state index in [1.165, 1.54) is 24.8 Å². The molecule has 5 nitrogen and oxygen atoms in total. The fraction of sp³-hybridized carbons (Fsp3) is 0.556. The largest absolute Gasteiger partial charge is 0.354 e. The van der Waals surface area contributed by atoms with Gasteiger partial charge in [-0.3, -0.25) is 4.79 Å². The van der Waals surface area contributed by atoms with Gasteiger partial charge in [0.1, 0.15) is 6.04 Å². The molecule has 0 bridgehead atoms. The summed E-state index contributed by atoms with van der Waals surface area (Å²) in [5.74, 6) is -0.0763. The first kappa shape index (κ1) is 15.8. The highest BCUT2D eigenvalue weighted by molar-refractivity contribution is 5.90. The Morgan fingerprint density at radius 3 is 2.65 bits per heavy atom. The van der Waals surface area contributed by atoms with Gasteiger partial charge in [-0.25, -0.2) is 4.79 Å². The van der Waals surface area contributed by atoms with E-state index in [-0.39, 0.29) is 11.9 Å². The van der Waals surface area contributed by atoms with Crippen molar-refractivity contribution in [1.82, 2.24) is 15.5 Å². The normalized spacial score (nSPS) is 22.0. The van der Waals surface area contributed by atoms with Crippen LogP contribution in [0.4, 0.5) is 4.79 Å². The lowest BCUT2D eigenvalue weighted by Gasteiger charge is -2.30. The molecule has 0 radical (unpaired) electrons. The van der Waals surface area contributed by atoms with E-state index in [9.17, 15) is 9.59 Å². The van der Waals surface area contributed by atoms with E-state index in [0.717, 1.165) is 19.3 Å². The Labute approximate surface area is 137 Å². The molecular formula is C18H25N3O2. The molecule has 1 saturated carbocycles. The summed E-state index contributed by atoms with van der Waals surface area (Å²) >= 11 is 0. The number of nitrogens with one attached hydrogen (secondary N) is 2. The van der Waals surface area contributed by atoms with Crippen LogP contribution in [-0.4, -0.2) is 42.0 Å². The number of amides is 3. The van der Waals surface area contributed by atoms with Crippen molar-refractivity contribution in [3.05, 3.63) is 35.9 Å². The molecule has 1 aliphatic carbocycles. The monoisotopic (exact) mass is 315 g/mol. The van der Waals surface area contributed by atoms with Crippen LogP contribution in [0, 0.1) is 0 Å². The van der Waals surface area contributed by atoms with Crippen molar-refractivity contribution in [2.45, 2.75) is 50.6 Å². The van der Waals surface area contributed by atoms with Gasteiger partial charge in [-0.05, 0) is 24.8 Å². The number of nitrogens with zero attached hydrogens (tertiary/aromatic N) is 1.